The first-order valence-corrected chi connectivity index (χ1v) is 12.8. The Morgan fingerprint density at radius 1 is 1.10 bits per heavy atom. The van der Waals surface area contributed by atoms with Crippen LogP contribution in [0.4, 0.5) is 5.82 Å². The lowest BCUT2D eigenvalue weighted by atomic mass is 9.83. The van der Waals surface area contributed by atoms with Crippen LogP contribution in [0.25, 0.3) is 0 Å². The minimum atomic E-state index is -3.33. The smallest absolute Gasteiger partial charge is 0.209 e. The molecule has 0 unspecified atom stereocenters. The third kappa shape index (κ3) is 5.75. The third-order valence-electron chi connectivity index (χ3n) is 6.39. The molecule has 168 valence electrons. The normalized spacial score (nSPS) is 26.8. The van der Waals surface area contributed by atoms with Crippen molar-refractivity contribution in [3.05, 3.63) is 54.2 Å². The van der Waals surface area contributed by atoms with Crippen molar-refractivity contribution in [2.75, 3.05) is 24.3 Å². The first-order valence-electron chi connectivity index (χ1n) is 10.9. The van der Waals surface area contributed by atoms with Gasteiger partial charge in [0.05, 0.1) is 31.2 Å². The lowest BCUT2D eigenvalue weighted by Crippen LogP contribution is -2.48. The van der Waals surface area contributed by atoms with E-state index < -0.39 is 10.0 Å². The van der Waals surface area contributed by atoms with E-state index in [1.54, 1.807) is 12.1 Å². The lowest BCUT2D eigenvalue weighted by Gasteiger charge is -2.33. The molecule has 0 bridgehead atoms. The number of sulfonamides is 1. The number of aromatic hydroxyl groups is 1. The van der Waals surface area contributed by atoms with Crippen LogP contribution in [0.15, 0.2) is 48.7 Å². The van der Waals surface area contributed by atoms with Crippen molar-refractivity contribution in [2.24, 2.45) is 0 Å². The largest absolute Gasteiger partial charge is 0.506 e. The zero-order valence-corrected chi connectivity index (χ0v) is 18.7. The third-order valence-corrected chi connectivity index (χ3v) is 7.12. The van der Waals surface area contributed by atoms with Gasteiger partial charge in [-0.3, -0.25) is 0 Å². The molecule has 1 aliphatic carbocycles. The van der Waals surface area contributed by atoms with Crippen molar-refractivity contribution in [3.8, 4) is 5.75 Å². The first kappa shape index (κ1) is 22.0. The zero-order chi connectivity index (χ0) is 21.8. The van der Waals surface area contributed by atoms with E-state index in [0.717, 1.165) is 31.5 Å². The highest BCUT2D eigenvalue weighted by molar-refractivity contribution is 7.88. The molecule has 0 amide bonds. The number of anilines is 1. The molecular formula is C23H31N3O4S. The minimum Gasteiger partial charge on any atom is -0.506 e. The molecule has 7 nitrogen and oxygen atoms in total. The maximum absolute atomic E-state index is 11.9. The Morgan fingerprint density at radius 2 is 1.84 bits per heavy atom. The Hall–Kier alpha value is -2.16. The second-order valence-corrected chi connectivity index (χ2v) is 10.4. The van der Waals surface area contributed by atoms with Crippen LogP contribution in [0.5, 0.6) is 5.75 Å². The van der Waals surface area contributed by atoms with Gasteiger partial charge in [0.25, 0.3) is 0 Å². The van der Waals surface area contributed by atoms with E-state index in [4.69, 9.17) is 4.74 Å². The fraction of sp³-hybridized carbons (Fsp3) is 0.522. The summed E-state index contributed by atoms with van der Waals surface area (Å²) in [4.78, 5) is 6.40. The molecule has 1 aromatic heterocycles. The van der Waals surface area contributed by atoms with E-state index in [9.17, 15) is 13.5 Å². The van der Waals surface area contributed by atoms with E-state index in [0.29, 0.717) is 25.5 Å². The van der Waals surface area contributed by atoms with E-state index in [-0.39, 0.29) is 23.9 Å². The summed E-state index contributed by atoms with van der Waals surface area (Å²) in [6.07, 6.45) is 7.70. The predicted octanol–water partition coefficient (Wildman–Crippen LogP) is 3.03. The molecule has 0 spiro atoms. The summed E-state index contributed by atoms with van der Waals surface area (Å²) >= 11 is 0. The fourth-order valence-corrected chi connectivity index (χ4v) is 5.65. The average molecular weight is 446 g/mol. The van der Waals surface area contributed by atoms with Gasteiger partial charge in [0, 0.05) is 12.6 Å². The molecular weight excluding hydrogens is 414 g/mol. The Bertz CT molecular complexity index is 945. The summed E-state index contributed by atoms with van der Waals surface area (Å²) < 4.78 is 32.8. The zero-order valence-electron chi connectivity index (χ0n) is 17.9. The molecule has 1 aromatic carbocycles. The van der Waals surface area contributed by atoms with E-state index in [1.165, 1.54) is 18.0 Å². The summed E-state index contributed by atoms with van der Waals surface area (Å²) in [7, 11) is -3.33. The number of ether oxygens (including phenoxy) is 1. The first-order chi connectivity index (χ1) is 14.9. The number of hydrogen-bond acceptors (Lipinski definition) is 6. The van der Waals surface area contributed by atoms with Crippen molar-refractivity contribution in [1.82, 2.24) is 9.71 Å². The Morgan fingerprint density at radius 3 is 2.48 bits per heavy atom. The van der Waals surface area contributed by atoms with Gasteiger partial charge in [-0.25, -0.2) is 18.1 Å². The quantitative estimate of drug-likeness (QED) is 0.681. The van der Waals surface area contributed by atoms with Crippen LogP contribution in [-0.4, -0.2) is 56.1 Å². The monoisotopic (exact) mass is 445 g/mol. The van der Waals surface area contributed by atoms with Gasteiger partial charge >= 0.3 is 0 Å². The molecule has 1 aliphatic heterocycles. The molecule has 2 atom stereocenters. The topological polar surface area (TPSA) is 91.8 Å². The van der Waals surface area contributed by atoms with E-state index in [1.807, 2.05) is 0 Å². The highest BCUT2D eigenvalue weighted by Gasteiger charge is 2.37. The lowest BCUT2D eigenvalue weighted by molar-refractivity contribution is 0.0156. The second kappa shape index (κ2) is 9.54. The van der Waals surface area contributed by atoms with Gasteiger partial charge < -0.3 is 14.7 Å². The molecule has 2 heterocycles. The van der Waals surface area contributed by atoms with Crippen molar-refractivity contribution in [3.63, 3.8) is 0 Å². The maximum Gasteiger partial charge on any atom is 0.209 e. The summed E-state index contributed by atoms with van der Waals surface area (Å²) in [5, 5.41) is 9.55. The van der Waals surface area contributed by atoms with Gasteiger partial charge in [0.1, 0.15) is 11.6 Å². The predicted molar refractivity (Wildman–Crippen MR) is 121 cm³/mol. The molecule has 0 radical (unpaired) electrons. The van der Waals surface area contributed by atoms with Crippen molar-refractivity contribution >= 4 is 15.8 Å². The Balaban J connectivity index is 1.39. The second-order valence-electron chi connectivity index (χ2n) is 8.64. The Labute approximate surface area is 184 Å². The number of nitrogens with zero attached hydrogens (tertiary/aromatic N) is 2. The van der Waals surface area contributed by atoms with Crippen LogP contribution >= 0.6 is 0 Å². The number of aromatic nitrogens is 1. The van der Waals surface area contributed by atoms with Gasteiger partial charge in [-0.15, -0.1) is 0 Å². The molecule has 31 heavy (non-hydrogen) atoms. The summed E-state index contributed by atoms with van der Waals surface area (Å²) in [6.45, 7) is 1.12. The fourth-order valence-electron chi connectivity index (χ4n) is 4.83. The summed E-state index contributed by atoms with van der Waals surface area (Å²) in [5.74, 6) is 1.42. The van der Waals surface area contributed by atoms with Gasteiger partial charge in [-0.1, -0.05) is 30.3 Å². The van der Waals surface area contributed by atoms with Crippen LogP contribution in [-0.2, 0) is 14.8 Å². The van der Waals surface area contributed by atoms with Crippen LogP contribution in [0.1, 0.15) is 43.6 Å². The number of hydrogen-bond donors (Lipinski definition) is 2. The molecule has 1 saturated heterocycles. The van der Waals surface area contributed by atoms with Gasteiger partial charge in [0.2, 0.25) is 10.0 Å². The highest BCUT2D eigenvalue weighted by atomic mass is 32.2. The maximum atomic E-state index is 11.9. The highest BCUT2D eigenvalue weighted by Crippen LogP contribution is 2.34. The number of nitrogens with one attached hydrogen (secondary N) is 1. The van der Waals surface area contributed by atoms with Crippen LogP contribution < -0.4 is 9.62 Å². The molecule has 8 heteroatoms. The number of pyridine rings is 1. The van der Waals surface area contributed by atoms with Crippen LogP contribution in [0.2, 0.25) is 0 Å². The number of rotatable bonds is 7. The van der Waals surface area contributed by atoms with E-state index >= 15 is 0 Å². The minimum absolute atomic E-state index is 0.108. The SMILES string of the molecule is CS(=O)(=O)N[C@H]1CCN(c2ccc(O)cn2)[C@H]1CO[C@H]1CC[C@@H](c2ccccc2)CC1. The van der Waals surface area contributed by atoms with Crippen LogP contribution in [0, 0.1) is 0 Å². The molecule has 1 saturated carbocycles. The van der Waals surface area contributed by atoms with Gasteiger partial charge in [-0.2, -0.15) is 0 Å². The Kier molecular flexibility index (Phi) is 6.79. The standard InChI is InChI=1S/C23H31N3O4S/c1-31(28,29)25-21-13-14-26(23-12-9-19(27)15-24-23)22(21)16-30-20-10-7-18(8-11-20)17-5-3-2-4-6-17/h2-6,9,12,15,18,20-22,25,27H,7-8,10-11,13-14,16H2,1H3/t18-,20+,21-,22-/m0/s1. The molecule has 2 fully saturated rings. The molecule has 2 N–H and O–H groups in total. The van der Waals surface area contributed by atoms with E-state index in [2.05, 4.69) is 44.9 Å². The van der Waals surface area contributed by atoms with Gasteiger partial charge in [-0.05, 0) is 55.7 Å². The van der Waals surface area contributed by atoms with Crippen molar-refractivity contribution < 1.29 is 18.3 Å². The summed E-state index contributed by atoms with van der Waals surface area (Å²) in [6, 6.07) is 13.6. The van der Waals surface area contributed by atoms with Gasteiger partial charge in [0.15, 0.2) is 0 Å². The van der Waals surface area contributed by atoms with Crippen molar-refractivity contribution in [1.29, 1.82) is 0 Å². The molecule has 2 aromatic rings. The van der Waals surface area contributed by atoms with Crippen molar-refractivity contribution in [2.45, 2.75) is 56.2 Å². The number of benzene rings is 1. The molecule has 4 rings (SSSR count). The molecule has 2 aliphatic rings. The summed E-state index contributed by atoms with van der Waals surface area (Å²) in [5.41, 5.74) is 1.40. The average Bonchev–Trinajstić information content (AvgIpc) is 3.14. The van der Waals surface area contributed by atoms with Crippen LogP contribution in [0.3, 0.4) is 0 Å².